The number of likely N-dealkylation sites (tertiary alicyclic amines) is 1. The molecule has 0 aliphatic carbocycles. The normalized spacial score (nSPS) is 14.7. The van der Waals surface area contributed by atoms with Crippen molar-refractivity contribution >= 4 is 34.7 Å². The molecule has 0 saturated carbocycles. The highest BCUT2D eigenvalue weighted by Gasteiger charge is 2.30. The lowest BCUT2D eigenvalue weighted by Gasteiger charge is -2.31. The quantitative estimate of drug-likeness (QED) is 0.774. The topological polar surface area (TPSA) is 104 Å². The summed E-state index contributed by atoms with van der Waals surface area (Å²) in [5, 5.41) is 13.3. The fraction of sp³-hybridized carbons (Fsp3) is 0.421. The summed E-state index contributed by atoms with van der Waals surface area (Å²) in [4.78, 5) is 38.6. The number of hydrogen-bond acceptors (Lipinski definition) is 6. The van der Waals surface area contributed by atoms with E-state index >= 15 is 0 Å². The summed E-state index contributed by atoms with van der Waals surface area (Å²) in [7, 11) is 0. The van der Waals surface area contributed by atoms with Crippen molar-refractivity contribution in [2.24, 2.45) is 5.92 Å². The lowest BCUT2D eigenvalue weighted by atomic mass is 9.95. The monoisotopic (exact) mass is 419 g/mol. The summed E-state index contributed by atoms with van der Waals surface area (Å²) in [5.41, 5.74) is 0.418. The predicted molar refractivity (Wildman–Crippen MR) is 106 cm³/mol. The molecule has 3 rings (SSSR count). The van der Waals surface area contributed by atoms with E-state index in [0.717, 1.165) is 11.3 Å². The number of nitrogens with zero attached hydrogens (tertiary/aromatic N) is 3. The smallest absolute Gasteiger partial charge is 0.286 e. The molecule has 2 aromatic rings. The van der Waals surface area contributed by atoms with E-state index in [9.17, 15) is 18.8 Å². The van der Waals surface area contributed by atoms with Crippen LogP contribution < -0.4 is 10.6 Å². The molecule has 3 amide bonds. The number of halogens is 1. The molecular weight excluding hydrogens is 397 g/mol. The van der Waals surface area contributed by atoms with Crippen LogP contribution in [0.4, 0.5) is 10.1 Å². The second-order valence-corrected chi connectivity index (χ2v) is 8.08. The summed E-state index contributed by atoms with van der Waals surface area (Å²) < 4.78 is 12.9. The van der Waals surface area contributed by atoms with Crippen LogP contribution in [-0.2, 0) is 4.79 Å². The Morgan fingerprint density at radius 1 is 1.10 bits per heavy atom. The Morgan fingerprint density at radius 3 is 2.34 bits per heavy atom. The predicted octanol–water partition coefficient (Wildman–Crippen LogP) is 2.31. The summed E-state index contributed by atoms with van der Waals surface area (Å²) in [5.74, 6) is -1.31. The highest BCUT2D eigenvalue weighted by Crippen LogP contribution is 2.21. The fourth-order valence-corrected chi connectivity index (χ4v) is 3.71. The molecule has 0 unspecified atom stereocenters. The first-order valence-electron chi connectivity index (χ1n) is 9.33. The van der Waals surface area contributed by atoms with Crippen molar-refractivity contribution in [1.82, 2.24) is 20.4 Å². The molecule has 1 aliphatic heterocycles. The van der Waals surface area contributed by atoms with E-state index in [1.54, 1.807) is 4.90 Å². The van der Waals surface area contributed by atoms with Gasteiger partial charge in [0, 0.05) is 30.7 Å². The van der Waals surface area contributed by atoms with Gasteiger partial charge in [0.05, 0.1) is 0 Å². The Morgan fingerprint density at radius 2 is 1.72 bits per heavy atom. The van der Waals surface area contributed by atoms with Crippen LogP contribution in [-0.4, -0.2) is 52.0 Å². The van der Waals surface area contributed by atoms with E-state index in [0.29, 0.717) is 31.6 Å². The molecule has 1 saturated heterocycles. The van der Waals surface area contributed by atoms with E-state index in [1.165, 1.54) is 24.3 Å². The van der Waals surface area contributed by atoms with Crippen molar-refractivity contribution in [1.29, 1.82) is 0 Å². The minimum Gasteiger partial charge on any atom is -0.354 e. The van der Waals surface area contributed by atoms with E-state index in [2.05, 4.69) is 20.8 Å². The van der Waals surface area contributed by atoms with Gasteiger partial charge in [0.15, 0.2) is 0 Å². The molecule has 0 atom stereocenters. The first-order valence-corrected chi connectivity index (χ1v) is 10.1. The molecule has 1 aromatic heterocycles. The number of rotatable bonds is 5. The van der Waals surface area contributed by atoms with Crippen LogP contribution in [0, 0.1) is 11.7 Å². The number of carbonyl (C=O) groups excluding carboxylic acids is 3. The lowest BCUT2D eigenvalue weighted by Crippen LogP contribution is -2.44. The third-order valence-electron chi connectivity index (χ3n) is 4.49. The molecule has 2 N–H and O–H groups in total. The summed E-state index contributed by atoms with van der Waals surface area (Å²) in [6.07, 6.45) is 1.17. The number of nitrogens with one attached hydrogen (secondary N) is 2. The SMILES string of the molecule is CC(C)NC(=O)C1CCN(C(=O)c2nnc(C(=O)Nc3ccc(F)cc3)s2)CC1. The number of amides is 3. The zero-order valence-electron chi connectivity index (χ0n) is 16.1. The molecular formula is C19H22FN5O3S. The molecule has 1 aromatic carbocycles. The van der Waals surface area contributed by atoms with E-state index in [4.69, 9.17) is 0 Å². The molecule has 0 spiro atoms. The van der Waals surface area contributed by atoms with Gasteiger partial charge in [-0.05, 0) is 51.0 Å². The van der Waals surface area contributed by atoms with Crippen molar-refractivity contribution in [2.45, 2.75) is 32.7 Å². The van der Waals surface area contributed by atoms with Gasteiger partial charge in [-0.2, -0.15) is 0 Å². The Hall–Kier alpha value is -2.88. The molecule has 2 heterocycles. The minimum absolute atomic E-state index is 0.0164. The number of anilines is 1. The van der Waals surface area contributed by atoms with E-state index in [1.807, 2.05) is 13.8 Å². The van der Waals surface area contributed by atoms with Crippen LogP contribution in [0.15, 0.2) is 24.3 Å². The number of hydrogen-bond donors (Lipinski definition) is 2. The lowest BCUT2D eigenvalue weighted by molar-refractivity contribution is -0.126. The van der Waals surface area contributed by atoms with Crippen LogP contribution in [0.3, 0.4) is 0 Å². The van der Waals surface area contributed by atoms with Crippen LogP contribution in [0.5, 0.6) is 0 Å². The van der Waals surface area contributed by atoms with Gasteiger partial charge in [-0.25, -0.2) is 4.39 Å². The van der Waals surface area contributed by atoms with Gasteiger partial charge in [0.25, 0.3) is 11.8 Å². The maximum Gasteiger partial charge on any atom is 0.286 e. The van der Waals surface area contributed by atoms with Gasteiger partial charge in [-0.3, -0.25) is 14.4 Å². The largest absolute Gasteiger partial charge is 0.354 e. The maximum absolute atomic E-state index is 12.9. The third-order valence-corrected chi connectivity index (χ3v) is 5.40. The van der Waals surface area contributed by atoms with Gasteiger partial charge in [-0.15, -0.1) is 10.2 Å². The second-order valence-electron chi connectivity index (χ2n) is 7.10. The van der Waals surface area contributed by atoms with Gasteiger partial charge in [-0.1, -0.05) is 11.3 Å². The van der Waals surface area contributed by atoms with Gasteiger partial charge in [0.1, 0.15) is 5.82 Å². The average Bonchev–Trinajstić information content (AvgIpc) is 3.19. The summed E-state index contributed by atoms with van der Waals surface area (Å²) >= 11 is 0.902. The Balaban J connectivity index is 1.56. The van der Waals surface area contributed by atoms with Gasteiger partial charge < -0.3 is 15.5 Å². The Kier molecular flexibility index (Phi) is 6.53. The molecule has 8 nitrogen and oxygen atoms in total. The van der Waals surface area contributed by atoms with Crippen molar-refractivity contribution in [2.75, 3.05) is 18.4 Å². The zero-order valence-corrected chi connectivity index (χ0v) is 17.0. The molecule has 10 heteroatoms. The van der Waals surface area contributed by atoms with Crippen LogP contribution in [0.25, 0.3) is 0 Å². The second kappa shape index (κ2) is 9.08. The molecule has 1 aliphatic rings. The number of carbonyl (C=O) groups is 3. The van der Waals surface area contributed by atoms with E-state index in [-0.39, 0.29) is 33.8 Å². The third kappa shape index (κ3) is 5.35. The molecule has 0 bridgehead atoms. The van der Waals surface area contributed by atoms with Crippen molar-refractivity contribution in [3.05, 3.63) is 40.1 Å². The Labute approximate surface area is 171 Å². The van der Waals surface area contributed by atoms with Gasteiger partial charge >= 0.3 is 0 Å². The molecule has 29 heavy (non-hydrogen) atoms. The van der Waals surface area contributed by atoms with Crippen molar-refractivity contribution < 1.29 is 18.8 Å². The first kappa shape index (κ1) is 20.8. The van der Waals surface area contributed by atoms with Gasteiger partial charge in [0.2, 0.25) is 15.9 Å². The molecule has 1 fully saturated rings. The highest BCUT2D eigenvalue weighted by molar-refractivity contribution is 7.15. The first-order chi connectivity index (χ1) is 13.8. The van der Waals surface area contributed by atoms with Crippen LogP contribution in [0.1, 0.15) is 46.3 Å². The van der Waals surface area contributed by atoms with Crippen LogP contribution >= 0.6 is 11.3 Å². The number of benzene rings is 1. The number of piperidine rings is 1. The summed E-state index contributed by atoms with van der Waals surface area (Å²) in [6.45, 7) is 4.73. The number of aromatic nitrogens is 2. The molecule has 0 radical (unpaired) electrons. The van der Waals surface area contributed by atoms with Crippen molar-refractivity contribution in [3.8, 4) is 0 Å². The Bertz CT molecular complexity index is 892. The van der Waals surface area contributed by atoms with Crippen molar-refractivity contribution in [3.63, 3.8) is 0 Å². The van der Waals surface area contributed by atoms with Crippen LogP contribution in [0.2, 0.25) is 0 Å². The average molecular weight is 419 g/mol. The summed E-state index contributed by atoms with van der Waals surface area (Å²) in [6, 6.07) is 5.41. The zero-order chi connectivity index (χ0) is 21.0. The van der Waals surface area contributed by atoms with E-state index < -0.39 is 11.7 Å². The maximum atomic E-state index is 12.9. The fourth-order valence-electron chi connectivity index (χ4n) is 3.00. The standard InChI is InChI=1S/C19H22FN5O3S/c1-11(2)21-15(26)12-7-9-25(10-8-12)19(28)18-24-23-17(29-18)16(27)22-14-5-3-13(20)4-6-14/h3-6,11-12H,7-10H2,1-2H3,(H,21,26)(H,22,27). The molecule has 154 valence electrons. The minimum atomic E-state index is -0.516. The highest BCUT2D eigenvalue weighted by atomic mass is 32.1.